The zero-order chi connectivity index (χ0) is 65.8. The number of nitrogens with zero attached hydrogens (tertiary/aromatic N) is 10. The third-order valence-corrected chi connectivity index (χ3v) is 20.9. The monoisotopic (exact) mass is 1270 g/mol. The van der Waals surface area contributed by atoms with Gasteiger partial charge in [0.05, 0.1) is 72.0 Å². The molecule has 1 aliphatic rings. The van der Waals surface area contributed by atoms with Crippen LogP contribution in [0.25, 0.3) is 172 Å². The highest BCUT2D eigenvalue weighted by molar-refractivity contribution is 6.19. The fraction of sp³-hybridized carbons (Fsp3) is 0.0111. The van der Waals surface area contributed by atoms with Gasteiger partial charge in [-0.2, -0.15) is 25.5 Å². The molecule has 0 amide bonds. The summed E-state index contributed by atoms with van der Waals surface area (Å²) in [5.41, 5.74) is 22.8. The van der Waals surface area contributed by atoms with Crippen LogP contribution in [0.4, 0.5) is 0 Å². The molecule has 21 rings (SSSR count). The molecule has 462 valence electrons. The van der Waals surface area contributed by atoms with Crippen molar-refractivity contribution in [3.63, 3.8) is 0 Å². The quantitative estimate of drug-likeness (QED) is 0.150. The van der Waals surface area contributed by atoms with Gasteiger partial charge in [-0.15, -0.1) is 0 Å². The average Bonchev–Trinajstić information content (AvgIpc) is 1.57. The van der Waals surface area contributed by atoms with Gasteiger partial charge in [-0.05, 0) is 142 Å². The van der Waals surface area contributed by atoms with Crippen molar-refractivity contribution in [1.29, 1.82) is 10.5 Å². The van der Waals surface area contributed by atoms with E-state index in [4.69, 9.17) is 15.0 Å². The van der Waals surface area contributed by atoms with Gasteiger partial charge in [0, 0.05) is 76.7 Å². The first-order chi connectivity index (χ1) is 49.5. The minimum absolute atomic E-state index is 0.175. The zero-order valence-electron chi connectivity index (χ0n) is 53.5. The number of nitriles is 2. The second kappa shape index (κ2) is 21.3. The van der Waals surface area contributed by atoms with E-state index in [0.29, 0.717) is 28.8 Å². The van der Waals surface area contributed by atoms with Crippen molar-refractivity contribution in [1.82, 2.24) is 37.8 Å². The highest BCUT2D eigenvalue weighted by Crippen LogP contribution is 2.51. The zero-order valence-corrected chi connectivity index (χ0v) is 53.5. The van der Waals surface area contributed by atoms with Crippen molar-refractivity contribution in [2.75, 3.05) is 0 Å². The van der Waals surface area contributed by atoms with Gasteiger partial charge in [0.2, 0.25) is 11.9 Å². The van der Waals surface area contributed by atoms with Crippen LogP contribution in [0.5, 0.6) is 0 Å². The molecule has 100 heavy (non-hydrogen) atoms. The van der Waals surface area contributed by atoms with E-state index in [1.54, 1.807) is 0 Å². The van der Waals surface area contributed by atoms with Crippen molar-refractivity contribution >= 4 is 109 Å². The molecule has 1 aliphatic carbocycles. The molecule has 0 fully saturated rings. The summed E-state index contributed by atoms with van der Waals surface area (Å²) in [6.45, 7) is 0. The highest BCUT2D eigenvalue weighted by atomic mass is 15.3. The fourth-order valence-corrected chi connectivity index (χ4v) is 16.7. The SMILES string of the molecule is N#Cc1cc(C2c3ccccc3-c3ccccc32)c(-n2c3ccccc3c3c(-c4ccc5c(c4)c4ccccc4n5-c4ccc5c(c4)c4ccccc4n5-c4nc(-c5ccccc5)nc(-n5c6ccccc6c6cc(-n7c8ccccc8c8ccccc87)ccc65)n4)cccc32)cc1C#N. The third-order valence-electron chi connectivity index (χ3n) is 20.9. The lowest BCUT2D eigenvalue weighted by atomic mass is 9.86. The summed E-state index contributed by atoms with van der Waals surface area (Å²) in [4.78, 5) is 16.3. The van der Waals surface area contributed by atoms with Crippen LogP contribution < -0.4 is 0 Å². The first-order valence-corrected chi connectivity index (χ1v) is 33.7. The predicted molar refractivity (Wildman–Crippen MR) is 405 cm³/mol. The molecule has 0 saturated heterocycles. The summed E-state index contributed by atoms with van der Waals surface area (Å²) < 4.78 is 11.5. The van der Waals surface area contributed by atoms with Gasteiger partial charge in [-0.25, -0.2) is 0 Å². The number of hydrogen-bond acceptors (Lipinski definition) is 5. The lowest BCUT2D eigenvalue weighted by Crippen LogP contribution is -2.10. The molecule has 10 heteroatoms. The largest absolute Gasteiger partial charge is 0.309 e. The highest BCUT2D eigenvalue weighted by Gasteiger charge is 2.34. The molecule has 20 aromatic rings. The predicted octanol–water partition coefficient (Wildman–Crippen LogP) is 21.6. The third kappa shape index (κ3) is 7.90. The first-order valence-electron chi connectivity index (χ1n) is 33.7. The Bertz CT molecular complexity index is 6920. The Morgan fingerprint density at radius 3 is 1.18 bits per heavy atom. The van der Waals surface area contributed by atoms with Gasteiger partial charge in [0.1, 0.15) is 12.1 Å². The number of hydrogen-bond donors (Lipinski definition) is 0. The van der Waals surface area contributed by atoms with Crippen LogP contribution >= 0.6 is 0 Å². The molecule has 6 aromatic heterocycles. The second-order valence-corrected chi connectivity index (χ2v) is 26.0. The van der Waals surface area contributed by atoms with E-state index in [9.17, 15) is 10.5 Å². The summed E-state index contributed by atoms with van der Waals surface area (Å²) in [5, 5.41) is 32.5. The van der Waals surface area contributed by atoms with Crippen molar-refractivity contribution in [2.45, 2.75) is 5.92 Å². The van der Waals surface area contributed by atoms with Crippen molar-refractivity contribution in [3.05, 3.63) is 337 Å². The molecule has 0 aliphatic heterocycles. The van der Waals surface area contributed by atoms with Gasteiger partial charge in [0.15, 0.2) is 5.82 Å². The number of aromatic nitrogens is 8. The molecular weight excluding hydrogens is 1220 g/mol. The molecule has 0 atom stereocenters. The number of fused-ring (bicyclic) bond motifs is 18. The maximum Gasteiger partial charge on any atom is 0.240 e. The van der Waals surface area contributed by atoms with Gasteiger partial charge in [0.25, 0.3) is 0 Å². The second-order valence-electron chi connectivity index (χ2n) is 26.0. The number of para-hydroxylation sites is 6. The summed E-state index contributed by atoms with van der Waals surface area (Å²) in [5.74, 6) is 1.41. The van der Waals surface area contributed by atoms with Crippen molar-refractivity contribution < 1.29 is 0 Å². The van der Waals surface area contributed by atoms with E-state index in [1.807, 2.05) is 30.3 Å². The Morgan fingerprint density at radius 1 is 0.260 bits per heavy atom. The fourth-order valence-electron chi connectivity index (χ4n) is 16.7. The first kappa shape index (κ1) is 55.4. The van der Waals surface area contributed by atoms with Gasteiger partial charge < -0.3 is 13.7 Å². The maximum atomic E-state index is 10.7. The Kier molecular flexibility index (Phi) is 11.8. The Labute approximate surface area is 571 Å². The van der Waals surface area contributed by atoms with Crippen LogP contribution in [-0.2, 0) is 0 Å². The molecule has 0 N–H and O–H groups in total. The van der Waals surface area contributed by atoms with Crippen LogP contribution in [-0.4, -0.2) is 37.8 Å². The van der Waals surface area contributed by atoms with E-state index in [2.05, 4.69) is 314 Å². The standard InChI is InChI=1S/C90H52N10/c91-52-56-48-74(86-68-30-6-4-23-61(68)62-24-5-7-31-69(62)86)85(49-57(56)53-92)98-80-39-19-13-32-70(80)87-60(33-20-40-84(87)98)55-41-44-81-71(47-55)65-27-10-16-36-77(65)97(81)59-43-46-83-73(51-59)67-29-12-18-38-79(67)100(83)90-94-88(54-21-2-1-3-22-54)93-89(95-90)99-78-37-17-11-28-66(78)72-50-58(42-45-82(72)99)96-75-34-14-8-25-63(75)64-26-9-15-35-76(64)96/h1-51,86H. The molecule has 6 heterocycles. The van der Waals surface area contributed by atoms with Crippen molar-refractivity contribution in [2.24, 2.45) is 0 Å². The van der Waals surface area contributed by atoms with E-state index in [0.717, 1.165) is 138 Å². The summed E-state index contributed by atoms with van der Waals surface area (Å²) in [7, 11) is 0. The molecule has 10 nitrogen and oxygen atoms in total. The van der Waals surface area contributed by atoms with Crippen LogP contribution in [0.2, 0.25) is 0 Å². The van der Waals surface area contributed by atoms with Gasteiger partial charge >= 0.3 is 0 Å². The molecule has 0 radical (unpaired) electrons. The average molecular weight is 1270 g/mol. The van der Waals surface area contributed by atoms with Gasteiger partial charge in [-0.3, -0.25) is 9.13 Å². The van der Waals surface area contributed by atoms with Gasteiger partial charge in [-0.1, -0.05) is 206 Å². The summed E-state index contributed by atoms with van der Waals surface area (Å²) in [6, 6.07) is 115. The lowest BCUT2D eigenvalue weighted by molar-refractivity contribution is 0.892. The normalized spacial score (nSPS) is 12.3. The smallest absolute Gasteiger partial charge is 0.240 e. The minimum Gasteiger partial charge on any atom is -0.309 e. The Hall–Kier alpha value is -13.9. The minimum atomic E-state index is -0.175. The van der Waals surface area contributed by atoms with E-state index in [1.165, 1.54) is 33.0 Å². The molecule has 0 bridgehead atoms. The van der Waals surface area contributed by atoms with E-state index >= 15 is 0 Å². The van der Waals surface area contributed by atoms with Crippen LogP contribution in [0.3, 0.4) is 0 Å². The van der Waals surface area contributed by atoms with Crippen molar-refractivity contribution in [3.8, 4) is 74.7 Å². The molecule has 0 saturated carbocycles. The molecular formula is C90H52N10. The maximum absolute atomic E-state index is 10.7. The number of rotatable bonds is 8. The molecule has 14 aromatic carbocycles. The van der Waals surface area contributed by atoms with E-state index < -0.39 is 0 Å². The van der Waals surface area contributed by atoms with Crippen LogP contribution in [0.15, 0.2) is 309 Å². The summed E-state index contributed by atoms with van der Waals surface area (Å²) in [6.07, 6.45) is 0. The Morgan fingerprint density at radius 2 is 0.650 bits per heavy atom. The number of benzene rings is 14. The topological polar surface area (TPSA) is 111 Å². The van der Waals surface area contributed by atoms with Crippen LogP contribution in [0, 0.1) is 22.7 Å². The van der Waals surface area contributed by atoms with E-state index in [-0.39, 0.29) is 5.92 Å². The Balaban J connectivity index is 0.719. The molecule has 0 spiro atoms. The summed E-state index contributed by atoms with van der Waals surface area (Å²) >= 11 is 0. The van der Waals surface area contributed by atoms with Crippen LogP contribution in [0.1, 0.15) is 33.7 Å². The molecule has 0 unspecified atom stereocenters. The lowest BCUT2D eigenvalue weighted by Gasteiger charge is -2.21.